The number of likely N-dealkylation sites (tertiary alicyclic amines) is 1. The largest absolute Gasteiger partial charge is 0.338 e. The second kappa shape index (κ2) is 7.30. The molecule has 1 atom stereocenters. The zero-order chi connectivity index (χ0) is 18.8. The molecule has 0 spiro atoms. The number of aromatic nitrogens is 6. The molecular formula is C19H23N7O. The zero-order valence-corrected chi connectivity index (χ0v) is 15.6. The van der Waals surface area contributed by atoms with E-state index in [1.54, 1.807) is 7.05 Å². The third-order valence-corrected chi connectivity index (χ3v) is 5.06. The summed E-state index contributed by atoms with van der Waals surface area (Å²) in [7, 11) is 1.73. The van der Waals surface area contributed by atoms with Crippen LogP contribution < -0.4 is 0 Å². The Balaban J connectivity index is 1.49. The van der Waals surface area contributed by atoms with Gasteiger partial charge >= 0.3 is 0 Å². The lowest BCUT2D eigenvalue weighted by Gasteiger charge is -2.32. The van der Waals surface area contributed by atoms with E-state index in [9.17, 15) is 4.79 Å². The number of tetrazole rings is 1. The molecule has 3 aromatic rings. The Labute approximate surface area is 157 Å². The number of hydrogen-bond donors (Lipinski definition) is 0. The fourth-order valence-corrected chi connectivity index (χ4v) is 3.66. The van der Waals surface area contributed by atoms with E-state index >= 15 is 0 Å². The van der Waals surface area contributed by atoms with Crippen LogP contribution in [0.15, 0.2) is 36.7 Å². The van der Waals surface area contributed by atoms with Gasteiger partial charge in [-0.05, 0) is 37.1 Å². The predicted octanol–water partition coefficient (Wildman–Crippen LogP) is 2.11. The van der Waals surface area contributed by atoms with Gasteiger partial charge in [0.1, 0.15) is 5.82 Å². The summed E-state index contributed by atoms with van der Waals surface area (Å²) in [5.74, 6) is 1.99. The minimum Gasteiger partial charge on any atom is -0.338 e. The van der Waals surface area contributed by atoms with Gasteiger partial charge in [-0.2, -0.15) is 4.80 Å². The van der Waals surface area contributed by atoms with E-state index in [2.05, 4.69) is 31.9 Å². The molecular weight excluding hydrogens is 342 g/mol. The van der Waals surface area contributed by atoms with Crippen LogP contribution in [0.25, 0.3) is 11.4 Å². The number of carbonyl (C=O) groups is 1. The molecule has 1 aromatic carbocycles. The van der Waals surface area contributed by atoms with Gasteiger partial charge in [0.2, 0.25) is 5.82 Å². The highest BCUT2D eigenvalue weighted by Crippen LogP contribution is 2.27. The van der Waals surface area contributed by atoms with Crippen molar-refractivity contribution in [2.45, 2.75) is 32.2 Å². The van der Waals surface area contributed by atoms with Crippen LogP contribution >= 0.6 is 0 Å². The summed E-state index contributed by atoms with van der Waals surface area (Å²) in [6.07, 6.45) is 5.92. The molecule has 2 aromatic heterocycles. The number of carbonyl (C=O) groups excluding carboxylic acids is 1. The highest BCUT2D eigenvalue weighted by molar-refractivity contribution is 5.94. The molecule has 8 nitrogen and oxygen atoms in total. The summed E-state index contributed by atoms with van der Waals surface area (Å²) in [6.45, 7) is 4.51. The smallest absolute Gasteiger partial charge is 0.253 e. The average molecular weight is 365 g/mol. The molecule has 0 bridgehead atoms. The first-order valence-electron chi connectivity index (χ1n) is 9.30. The maximum absolute atomic E-state index is 13.0. The second-order valence-corrected chi connectivity index (χ2v) is 6.84. The number of benzene rings is 1. The summed E-state index contributed by atoms with van der Waals surface area (Å²) in [5, 5.41) is 12.0. The van der Waals surface area contributed by atoms with Crippen molar-refractivity contribution in [2.75, 3.05) is 13.1 Å². The van der Waals surface area contributed by atoms with Gasteiger partial charge in [-0.25, -0.2) is 4.98 Å². The summed E-state index contributed by atoms with van der Waals surface area (Å²) < 4.78 is 2.17. The number of hydrogen-bond acceptors (Lipinski definition) is 5. The van der Waals surface area contributed by atoms with Crippen LogP contribution in [-0.2, 0) is 13.6 Å². The van der Waals surface area contributed by atoms with E-state index in [-0.39, 0.29) is 5.91 Å². The first kappa shape index (κ1) is 17.4. The van der Waals surface area contributed by atoms with Crippen LogP contribution in [-0.4, -0.2) is 53.7 Å². The molecule has 3 heterocycles. The van der Waals surface area contributed by atoms with Crippen molar-refractivity contribution in [3.8, 4) is 11.4 Å². The molecule has 1 amide bonds. The molecule has 4 rings (SSSR count). The SMILES string of the molecule is CCn1ccnc1[C@H]1CCCN(C(=O)c2ccc(-c3nnn(C)n3)cc2)C1. The highest BCUT2D eigenvalue weighted by atomic mass is 16.2. The van der Waals surface area contributed by atoms with Crippen LogP contribution in [0.4, 0.5) is 0 Å². The lowest BCUT2D eigenvalue weighted by molar-refractivity contribution is 0.0703. The van der Waals surface area contributed by atoms with Crippen molar-refractivity contribution >= 4 is 5.91 Å². The molecule has 0 N–H and O–H groups in total. The third-order valence-electron chi connectivity index (χ3n) is 5.06. The Morgan fingerprint density at radius 3 is 2.78 bits per heavy atom. The van der Waals surface area contributed by atoms with Crippen LogP contribution in [0.5, 0.6) is 0 Å². The van der Waals surface area contributed by atoms with Gasteiger partial charge in [-0.3, -0.25) is 4.79 Å². The van der Waals surface area contributed by atoms with E-state index in [1.165, 1.54) is 4.80 Å². The molecule has 0 unspecified atom stereocenters. The number of piperidine rings is 1. The molecule has 1 fully saturated rings. The van der Waals surface area contributed by atoms with Crippen molar-refractivity contribution in [1.82, 2.24) is 34.7 Å². The quantitative estimate of drug-likeness (QED) is 0.707. The molecule has 27 heavy (non-hydrogen) atoms. The molecule has 1 aliphatic rings. The first-order chi connectivity index (χ1) is 13.2. The van der Waals surface area contributed by atoms with Gasteiger partial charge in [0.05, 0.1) is 7.05 Å². The Morgan fingerprint density at radius 2 is 2.07 bits per heavy atom. The lowest BCUT2D eigenvalue weighted by atomic mass is 9.96. The Kier molecular flexibility index (Phi) is 4.70. The van der Waals surface area contributed by atoms with Crippen LogP contribution in [0.3, 0.4) is 0 Å². The van der Waals surface area contributed by atoms with E-state index in [4.69, 9.17) is 0 Å². The van der Waals surface area contributed by atoms with Gasteiger partial charge in [0.15, 0.2) is 0 Å². The van der Waals surface area contributed by atoms with E-state index in [0.717, 1.165) is 37.3 Å². The monoisotopic (exact) mass is 365 g/mol. The number of aryl methyl sites for hydroxylation is 2. The highest BCUT2D eigenvalue weighted by Gasteiger charge is 2.27. The molecule has 1 aliphatic heterocycles. The summed E-state index contributed by atoms with van der Waals surface area (Å²) in [6, 6.07) is 7.42. The van der Waals surface area contributed by atoms with Crippen molar-refractivity contribution in [1.29, 1.82) is 0 Å². The minimum atomic E-state index is 0.0629. The van der Waals surface area contributed by atoms with Crippen molar-refractivity contribution < 1.29 is 4.79 Å². The number of amides is 1. The lowest BCUT2D eigenvalue weighted by Crippen LogP contribution is -2.39. The predicted molar refractivity (Wildman–Crippen MR) is 100 cm³/mol. The van der Waals surface area contributed by atoms with E-state index < -0.39 is 0 Å². The van der Waals surface area contributed by atoms with Gasteiger partial charge < -0.3 is 9.47 Å². The topological polar surface area (TPSA) is 81.7 Å². The normalized spacial score (nSPS) is 17.3. The fourth-order valence-electron chi connectivity index (χ4n) is 3.66. The maximum atomic E-state index is 13.0. The number of nitrogens with zero attached hydrogens (tertiary/aromatic N) is 7. The molecule has 140 valence electrons. The van der Waals surface area contributed by atoms with Gasteiger partial charge in [-0.15, -0.1) is 10.2 Å². The summed E-state index contributed by atoms with van der Waals surface area (Å²) in [5.41, 5.74) is 1.53. The first-order valence-corrected chi connectivity index (χ1v) is 9.30. The van der Waals surface area contributed by atoms with E-state index in [0.29, 0.717) is 23.9 Å². The molecule has 0 aliphatic carbocycles. The Morgan fingerprint density at radius 1 is 1.26 bits per heavy atom. The standard InChI is InChI=1S/C19H23N7O/c1-3-25-12-10-20-18(25)16-5-4-11-26(13-16)19(27)15-8-6-14(7-9-15)17-21-23-24(2)22-17/h6-10,12,16H,3-5,11,13H2,1-2H3/t16-/m0/s1. The van der Waals surface area contributed by atoms with Gasteiger partial charge in [0.25, 0.3) is 5.91 Å². The number of imidazole rings is 1. The van der Waals surface area contributed by atoms with Crippen molar-refractivity contribution in [3.05, 3.63) is 48.0 Å². The average Bonchev–Trinajstić information content (AvgIpc) is 3.36. The van der Waals surface area contributed by atoms with Crippen LogP contribution in [0.2, 0.25) is 0 Å². The van der Waals surface area contributed by atoms with Crippen molar-refractivity contribution in [2.24, 2.45) is 7.05 Å². The maximum Gasteiger partial charge on any atom is 0.253 e. The van der Waals surface area contributed by atoms with Crippen LogP contribution in [0.1, 0.15) is 41.9 Å². The van der Waals surface area contributed by atoms with E-state index in [1.807, 2.05) is 41.6 Å². The van der Waals surface area contributed by atoms with Crippen LogP contribution in [0, 0.1) is 0 Å². The molecule has 0 radical (unpaired) electrons. The molecule has 1 saturated heterocycles. The second-order valence-electron chi connectivity index (χ2n) is 6.84. The number of rotatable bonds is 4. The Hall–Kier alpha value is -3.03. The van der Waals surface area contributed by atoms with Crippen molar-refractivity contribution in [3.63, 3.8) is 0 Å². The molecule has 0 saturated carbocycles. The van der Waals surface area contributed by atoms with Gasteiger partial charge in [0, 0.05) is 49.1 Å². The van der Waals surface area contributed by atoms with Gasteiger partial charge in [-0.1, -0.05) is 12.1 Å². The summed E-state index contributed by atoms with van der Waals surface area (Å²) in [4.78, 5) is 20.9. The minimum absolute atomic E-state index is 0.0629. The third kappa shape index (κ3) is 3.47. The zero-order valence-electron chi connectivity index (χ0n) is 15.6. The fraction of sp³-hybridized carbons (Fsp3) is 0.421. The Bertz CT molecular complexity index is 928. The molecule has 8 heteroatoms. The summed E-state index contributed by atoms with van der Waals surface area (Å²) >= 11 is 0.